The zero-order valence-electron chi connectivity index (χ0n) is 13.9. The van der Waals surface area contributed by atoms with Gasteiger partial charge < -0.3 is 26.2 Å². The maximum atomic E-state index is 11.9. The fraction of sp³-hybridized carbons (Fsp3) is 0.938. The van der Waals surface area contributed by atoms with Crippen LogP contribution in [0.4, 0.5) is 0 Å². The van der Waals surface area contributed by atoms with Gasteiger partial charge in [0.2, 0.25) is 0 Å². The topological polar surface area (TPSA) is 26.3 Å². The van der Waals surface area contributed by atoms with Gasteiger partial charge in [-0.3, -0.25) is 0 Å². The van der Waals surface area contributed by atoms with Crippen LogP contribution in [0.15, 0.2) is 0 Å². The highest BCUT2D eigenvalue weighted by atomic mass is 79.9. The summed E-state index contributed by atoms with van der Waals surface area (Å²) >= 11 is 0. The van der Waals surface area contributed by atoms with E-state index in [9.17, 15) is 4.79 Å². The largest absolute Gasteiger partial charge is 1.00 e. The first-order valence-corrected chi connectivity index (χ1v) is 8.14. The molecular weight excluding hydrogens is 318 g/mol. The van der Waals surface area contributed by atoms with Crippen LogP contribution >= 0.6 is 0 Å². The van der Waals surface area contributed by atoms with Gasteiger partial charge in [0.25, 0.3) is 0 Å². The van der Waals surface area contributed by atoms with E-state index in [1.54, 1.807) is 0 Å². The predicted octanol–water partition coefficient (Wildman–Crippen LogP) is 0.771. The van der Waals surface area contributed by atoms with Crippen LogP contribution in [0.5, 0.6) is 0 Å². The lowest BCUT2D eigenvalue weighted by Crippen LogP contribution is -3.00. The second kappa shape index (κ2) is 13.9. The van der Waals surface area contributed by atoms with E-state index < -0.39 is 0 Å². The number of hydrogen-bond acceptors (Lipinski definition) is 2. The minimum absolute atomic E-state index is 0. The normalized spacial score (nSPS) is 11.0. The Bertz CT molecular complexity index is 213. The molecule has 0 heterocycles. The Kier molecular flexibility index (Phi) is 15.4. The molecule has 0 aromatic heterocycles. The fourth-order valence-corrected chi connectivity index (χ4v) is 2.53. The van der Waals surface area contributed by atoms with E-state index >= 15 is 0 Å². The van der Waals surface area contributed by atoms with Crippen molar-refractivity contribution < 1.29 is 31.0 Å². The molecule has 0 saturated heterocycles. The van der Waals surface area contributed by atoms with E-state index in [4.69, 9.17) is 4.74 Å². The van der Waals surface area contributed by atoms with Crippen molar-refractivity contribution in [2.24, 2.45) is 0 Å². The van der Waals surface area contributed by atoms with Gasteiger partial charge in [-0.05, 0) is 26.2 Å². The fourth-order valence-electron chi connectivity index (χ4n) is 2.53. The molecule has 0 aromatic carbocycles. The highest BCUT2D eigenvalue weighted by Crippen LogP contribution is 2.15. The number of ether oxygens (including phenoxy) is 1. The summed E-state index contributed by atoms with van der Waals surface area (Å²) in [6.45, 7) is 13.0. The Labute approximate surface area is 136 Å². The van der Waals surface area contributed by atoms with Crippen molar-refractivity contribution in [3.8, 4) is 0 Å². The third-order valence-electron chi connectivity index (χ3n) is 3.73. The lowest BCUT2D eigenvalue weighted by molar-refractivity contribution is -0.922. The molecule has 122 valence electrons. The number of unbranched alkanes of at least 4 members (excludes halogenated alkanes) is 3. The van der Waals surface area contributed by atoms with E-state index in [1.165, 1.54) is 38.5 Å². The number of quaternary nitrogens is 1. The summed E-state index contributed by atoms with van der Waals surface area (Å²) in [6, 6.07) is 0. The zero-order chi connectivity index (χ0) is 14.6. The number of nitrogens with zero attached hydrogens (tertiary/aromatic N) is 1. The van der Waals surface area contributed by atoms with Crippen molar-refractivity contribution in [1.82, 2.24) is 0 Å². The highest BCUT2D eigenvalue weighted by molar-refractivity contribution is 5.70. The van der Waals surface area contributed by atoms with Crippen molar-refractivity contribution in [3.05, 3.63) is 0 Å². The average molecular weight is 352 g/mol. The quantitative estimate of drug-likeness (QED) is 0.383. The van der Waals surface area contributed by atoms with Gasteiger partial charge in [-0.15, -0.1) is 0 Å². The molecule has 0 amide bonds. The van der Waals surface area contributed by atoms with Crippen molar-refractivity contribution in [2.75, 3.05) is 32.8 Å². The van der Waals surface area contributed by atoms with Crippen LogP contribution in [0.2, 0.25) is 0 Å². The molecule has 4 heteroatoms. The Morgan fingerprint density at radius 1 is 0.850 bits per heavy atom. The van der Waals surface area contributed by atoms with E-state index in [1.807, 2.05) is 6.92 Å². The first-order valence-electron chi connectivity index (χ1n) is 8.14. The van der Waals surface area contributed by atoms with E-state index in [-0.39, 0.29) is 23.0 Å². The molecule has 3 nitrogen and oxygen atoms in total. The smallest absolute Gasteiger partial charge is 0.361 e. The third kappa shape index (κ3) is 9.76. The van der Waals surface area contributed by atoms with Crippen LogP contribution in [0.25, 0.3) is 0 Å². The van der Waals surface area contributed by atoms with Gasteiger partial charge in [-0.25, -0.2) is 4.79 Å². The summed E-state index contributed by atoms with van der Waals surface area (Å²) in [5, 5.41) is 0. The molecular formula is C16H34BrNO2. The van der Waals surface area contributed by atoms with Gasteiger partial charge in [-0.1, -0.05) is 40.0 Å². The predicted molar refractivity (Wildman–Crippen MR) is 81.1 cm³/mol. The van der Waals surface area contributed by atoms with Gasteiger partial charge in [0.15, 0.2) is 6.54 Å². The summed E-state index contributed by atoms with van der Waals surface area (Å²) in [7, 11) is 0. The van der Waals surface area contributed by atoms with Crippen LogP contribution in [0.3, 0.4) is 0 Å². The molecule has 0 saturated carbocycles. The van der Waals surface area contributed by atoms with Crippen molar-refractivity contribution in [3.63, 3.8) is 0 Å². The number of hydrogen-bond donors (Lipinski definition) is 0. The standard InChI is InChI=1S/C16H34NO2.BrH/c1-5-9-12-17(13-10-6-2,14-11-7-3)15-16(18)19-8-4;/h5-15H2,1-4H3;1H/q+1;/p-1. The molecule has 0 atom stereocenters. The second-order valence-electron chi connectivity index (χ2n) is 5.54. The zero-order valence-corrected chi connectivity index (χ0v) is 15.5. The summed E-state index contributed by atoms with van der Waals surface area (Å²) in [5.74, 6) is -0.0224. The monoisotopic (exact) mass is 351 g/mol. The van der Waals surface area contributed by atoms with Gasteiger partial charge in [-0.2, -0.15) is 0 Å². The molecule has 0 aliphatic rings. The molecule has 20 heavy (non-hydrogen) atoms. The summed E-state index contributed by atoms with van der Waals surface area (Å²) in [6.07, 6.45) is 7.19. The van der Waals surface area contributed by atoms with Crippen LogP contribution in [0.1, 0.15) is 66.2 Å². The molecule has 0 bridgehead atoms. The Morgan fingerprint density at radius 2 is 1.25 bits per heavy atom. The molecule has 0 rings (SSSR count). The van der Waals surface area contributed by atoms with E-state index in [0.717, 1.165) is 24.1 Å². The second-order valence-corrected chi connectivity index (χ2v) is 5.54. The van der Waals surface area contributed by atoms with Crippen LogP contribution < -0.4 is 17.0 Å². The maximum Gasteiger partial charge on any atom is 0.361 e. The summed E-state index contributed by atoms with van der Waals surface area (Å²) < 4.78 is 6.12. The van der Waals surface area contributed by atoms with Crippen molar-refractivity contribution >= 4 is 5.97 Å². The number of rotatable bonds is 12. The molecule has 0 fully saturated rings. The Morgan fingerprint density at radius 3 is 1.55 bits per heavy atom. The lowest BCUT2D eigenvalue weighted by Gasteiger charge is -2.38. The highest BCUT2D eigenvalue weighted by Gasteiger charge is 2.29. The molecule has 0 aliphatic heterocycles. The molecule has 0 unspecified atom stereocenters. The maximum absolute atomic E-state index is 11.9. The molecule has 0 aromatic rings. The first-order chi connectivity index (χ1) is 9.14. The average Bonchev–Trinajstić information content (AvgIpc) is 2.40. The number of carbonyl (C=O) groups excluding carboxylic acids is 1. The molecule has 0 aliphatic carbocycles. The first kappa shape index (κ1) is 22.2. The number of esters is 1. The molecule has 0 N–H and O–H groups in total. The number of carbonyl (C=O) groups is 1. The van der Waals surface area contributed by atoms with Crippen LogP contribution in [-0.4, -0.2) is 43.2 Å². The lowest BCUT2D eigenvalue weighted by atomic mass is 10.1. The van der Waals surface area contributed by atoms with Crippen molar-refractivity contribution in [1.29, 1.82) is 0 Å². The molecule has 0 radical (unpaired) electrons. The van der Waals surface area contributed by atoms with Crippen LogP contribution in [-0.2, 0) is 9.53 Å². The van der Waals surface area contributed by atoms with Gasteiger partial charge in [0.1, 0.15) is 0 Å². The third-order valence-corrected chi connectivity index (χ3v) is 3.73. The van der Waals surface area contributed by atoms with Gasteiger partial charge in [0.05, 0.1) is 26.2 Å². The minimum atomic E-state index is -0.0224. The number of halogens is 1. The van der Waals surface area contributed by atoms with Crippen LogP contribution in [0, 0.1) is 0 Å². The van der Waals surface area contributed by atoms with E-state index in [2.05, 4.69) is 20.8 Å². The minimum Gasteiger partial charge on any atom is -1.00 e. The molecule has 0 spiro atoms. The van der Waals surface area contributed by atoms with Gasteiger partial charge in [0, 0.05) is 0 Å². The Balaban J connectivity index is 0. The van der Waals surface area contributed by atoms with E-state index in [0.29, 0.717) is 13.2 Å². The summed E-state index contributed by atoms with van der Waals surface area (Å²) in [4.78, 5) is 11.9. The van der Waals surface area contributed by atoms with Crippen molar-refractivity contribution in [2.45, 2.75) is 66.2 Å². The Hall–Kier alpha value is -0.0900. The summed E-state index contributed by atoms with van der Waals surface area (Å²) in [5.41, 5.74) is 0. The SMILES string of the molecule is CCCC[N+](CCCC)(CCCC)CC(=O)OCC.[Br-]. The van der Waals surface area contributed by atoms with Gasteiger partial charge >= 0.3 is 5.97 Å².